The van der Waals surface area contributed by atoms with Crippen LogP contribution in [0.15, 0.2) is 18.2 Å². The molecule has 0 unspecified atom stereocenters. The molecule has 0 fully saturated rings. The molecule has 0 saturated carbocycles. The molecular formula is C19H15BO9. The highest BCUT2D eigenvalue weighted by Crippen LogP contribution is 2.55. The van der Waals surface area contributed by atoms with Crippen molar-refractivity contribution in [3.8, 4) is 74.0 Å². The summed E-state index contributed by atoms with van der Waals surface area (Å²) in [4.78, 5) is 0. The molecule has 3 aromatic rings. The first-order chi connectivity index (χ1) is 13.5. The summed E-state index contributed by atoms with van der Waals surface area (Å²) in [5.74, 6) is -8.57. The molecule has 29 heavy (non-hydrogen) atoms. The Morgan fingerprint density at radius 2 is 0.793 bits per heavy atom. The van der Waals surface area contributed by atoms with Crippen LogP contribution in [0.2, 0.25) is 0 Å². The molecule has 3 rings (SSSR count). The summed E-state index contributed by atoms with van der Waals surface area (Å²) in [7, 11) is 5.40. The number of hydrogen-bond donors (Lipinski definition) is 9. The quantitative estimate of drug-likeness (QED) is 0.175. The number of benzene rings is 3. The largest absolute Gasteiger partial charge is 0.505 e. The molecule has 0 aliphatic rings. The summed E-state index contributed by atoms with van der Waals surface area (Å²) in [6.07, 6.45) is 0. The number of rotatable bonds is 2. The van der Waals surface area contributed by atoms with Gasteiger partial charge in [-0.2, -0.15) is 0 Å². The predicted octanol–water partition coefficient (Wildman–Crippen LogP) is 1.47. The normalized spacial score (nSPS) is 10.9. The van der Waals surface area contributed by atoms with Crippen LogP contribution in [0, 0.1) is 6.92 Å². The van der Waals surface area contributed by atoms with Gasteiger partial charge in [0, 0.05) is 0 Å². The van der Waals surface area contributed by atoms with Crippen molar-refractivity contribution in [1.29, 1.82) is 0 Å². The first-order valence-electron chi connectivity index (χ1n) is 8.03. The van der Waals surface area contributed by atoms with E-state index in [-0.39, 0.29) is 11.1 Å². The molecule has 0 bridgehead atoms. The van der Waals surface area contributed by atoms with Gasteiger partial charge in [0.15, 0.2) is 34.5 Å². The van der Waals surface area contributed by atoms with Crippen molar-refractivity contribution in [2.75, 3.05) is 0 Å². The SMILES string of the molecule is [B]c1c(O)c(O)c(-c2cc(C)cc(-c3c(O)c(O)c(O)c(O)c3O)c2)c(O)c1O. The topological polar surface area (TPSA) is 182 Å². The Morgan fingerprint density at radius 1 is 0.483 bits per heavy atom. The van der Waals surface area contributed by atoms with E-state index in [0.717, 1.165) is 0 Å². The molecule has 0 aliphatic carbocycles. The molecular weight excluding hydrogens is 383 g/mol. The van der Waals surface area contributed by atoms with E-state index in [1.54, 1.807) is 6.92 Å². The third-order valence-corrected chi connectivity index (χ3v) is 4.46. The maximum absolute atomic E-state index is 10.2. The van der Waals surface area contributed by atoms with Gasteiger partial charge < -0.3 is 46.0 Å². The van der Waals surface area contributed by atoms with Crippen molar-refractivity contribution in [1.82, 2.24) is 0 Å². The summed E-state index contributed by atoms with van der Waals surface area (Å²) in [5.41, 5.74) is -1.02. The highest BCUT2D eigenvalue weighted by Gasteiger charge is 2.26. The minimum absolute atomic E-state index is 0.00444. The Balaban J connectivity index is 2.37. The maximum Gasteiger partial charge on any atom is 0.208 e. The van der Waals surface area contributed by atoms with E-state index in [9.17, 15) is 46.0 Å². The Hall–Kier alpha value is -4.08. The van der Waals surface area contributed by atoms with Crippen LogP contribution in [0.1, 0.15) is 5.56 Å². The molecule has 9 nitrogen and oxygen atoms in total. The average Bonchev–Trinajstić information content (AvgIpc) is 2.67. The maximum atomic E-state index is 10.2. The van der Waals surface area contributed by atoms with Gasteiger partial charge in [0.2, 0.25) is 17.2 Å². The van der Waals surface area contributed by atoms with Gasteiger partial charge in [0.25, 0.3) is 0 Å². The third kappa shape index (κ3) is 2.81. The van der Waals surface area contributed by atoms with Crippen LogP contribution in [0.5, 0.6) is 51.7 Å². The van der Waals surface area contributed by atoms with Crippen LogP contribution < -0.4 is 5.46 Å². The lowest BCUT2D eigenvalue weighted by atomic mass is 9.88. The highest BCUT2D eigenvalue weighted by atomic mass is 16.4. The van der Waals surface area contributed by atoms with Crippen LogP contribution in [-0.2, 0) is 0 Å². The molecule has 0 amide bonds. The van der Waals surface area contributed by atoms with Gasteiger partial charge in [0.05, 0.1) is 11.1 Å². The number of phenolic OH excluding ortho intramolecular Hbond substituents is 9. The zero-order valence-corrected chi connectivity index (χ0v) is 14.8. The summed E-state index contributed by atoms with van der Waals surface area (Å²) >= 11 is 0. The fourth-order valence-electron chi connectivity index (χ4n) is 3.02. The lowest BCUT2D eigenvalue weighted by Crippen LogP contribution is -2.05. The Morgan fingerprint density at radius 3 is 1.17 bits per heavy atom. The second-order valence-electron chi connectivity index (χ2n) is 6.39. The number of hydrogen-bond acceptors (Lipinski definition) is 9. The Bertz CT molecular complexity index is 1030. The molecule has 2 radical (unpaired) electrons. The molecule has 148 valence electrons. The minimum atomic E-state index is -1.12. The monoisotopic (exact) mass is 398 g/mol. The summed E-state index contributed by atoms with van der Waals surface area (Å²) in [6.45, 7) is 1.58. The van der Waals surface area contributed by atoms with E-state index in [0.29, 0.717) is 5.56 Å². The molecule has 0 spiro atoms. The zero-order valence-electron chi connectivity index (χ0n) is 14.8. The van der Waals surface area contributed by atoms with Crippen molar-refractivity contribution in [3.05, 3.63) is 23.8 Å². The van der Waals surface area contributed by atoms with Gasteiger partial charge in [-0.1, -0.05) is 12.1 Å². The zero-order chi connectivity index (χ0) is 21.8. The summed E-state index contributed by atoms with van der Waals surface area (Å²) in [5, 5.41) is 89.5. The van der Waals surface area contributed by atoms with E-state index in [1.165, 1.54) is 18.2 Å². The van der Waals surface area contributed by atoms with Gasteiger partial charge in [0.1, 0.15) is 7.85 Å². The van der Waals surface area contributed by atoms with Crippen molar-refractivity contribution in [2.24, 2.45) is 0 Å². The molecule has 0 atom stereocenters. The Labute approximate surface area is 164 Å². The van der Waals surface area contributed by atoms with E-state index >= 15 is 0 Å². The van der Waals surface area contributed by atoms with Gasteiger partial charge in [-0.25, -0.2) is 0 Å². The van der Waals surface area contributed by atoms with E-state index < -0.39 is 68.3 Å². The molecule has 0 aromatic heterocycles. The van der Waals surface area contributed by atoms with Crippen LogP contribution in [0.25, 0.3) is 22.3 Å². The Kier molecular flexibility index (Phi) is 4.42. The summed E-state index contributed by atoms with van der Waals surface area (Å²) in [6, 6.07) is 4.06. The molecule has 10 heteroatoms. The van der Waals surface area contributed by atoms with Crippen molar-refractivity contribution in [2.45, 2.75) is 6.92 Å². The minimum Gasteiger partial charge on any atom is -0.505 e. The molecule has 3 aromatic carbocycles. The van der Waals surface area contributed by atoms with E-state index in [4.69, 9.17) is 7.85 Å². The molecule has 0 aliphatic heterocycles. The van der Waals surface area contributed by atoms with Gasteiger partial charge in [-0.15, -0.1) is 0 Å². The second kappa shape index (κ2) is 6.52. The summed E-state index contributed by atoms with van der Waals surface area (Å²) < 4.78 is 0. The van der Waals surface area contributed by atoms with Crippen LogP contribution in [-0.4, -0.2) is 53.8 Å². The van der Waals surface area contributed by atoms with Gasteiger partial charge in [-0.05, 0) is 35.1 Å². The number of phenols is 9. The number of aromatic hydroxyl groups is 9. The van der Waals surface area contributed by atoms with E-state index in [2.05, 4.69) is 0 Å². The fourth-order valence-corrected chi connectivity index (χ4v) is 3.02. The molecule has 0 saturated heterocycles. The first-order valence-corrected chi connectivity index (χ1v) is 8.03. The average molecular weight is 398 g/mol. The number of aryl methyl sites for hydroxylation is 1. The predicted molar refractivity (Wildman–Crippen MR) is 102 cm³/mol. The lowest BCUT2D eigenvalue weighted by Gasteiger charge is -2.17. The van der Waals surface area contributed by atoms with Crippen molar-refractivity contribution >= 4 is 13.3 Å². The van der Waals surface area contributed by atoms with Gasteiger partial charge in [-0.3, -0.25) is 0 Å². The van der Waals surface area contributed by atoms with Crippen LogP contribution >= 0.6 is 0 Å². The van der Waals surface area contributed by atoms with Crippen LogP contribution in [0.4, 0.5) is 0 Å². The second-order valence-corrected chi connectivity index (χ2v) is 6.39. The lowest BCUT2D eigenvalue weighted by molar-refractivity contribution is 0.330. The van der Waals surface area contributed by atoms with Crippen molar-refractivity contribution < 1.29 is 46.0 Å². The first kappa shape index (κ1) is 19.7. The fraction of sp³-hybridized carbons (Fsp3) is 0.0526. The van der Waals surface area contributed by atoms with Crippen LogP contribution in [0.3, 0.4) is 0 Å². The highest BCUT2D eigenvalue weighted by molar-refractivity contribution is 6.37. The molecule has 0 heterocycles. The van der Waals surface area contributed by atoms with E-state index in [1.807, 2.05) is 0 Å². The smallest absolute Gasteiger partial charge is 0.208 e. The third-order valence-electron chi connectivity index (χ3n) is 4.46. The van der Waals surface area contributed by atoms with Gasteiger partial charge >= 0.3 is 0 Å². The standard InChI is InChI=1S/C19H15BO9/c1-5-2-6(8-11(21)15(25)10(20)16(26)12(8)22)4-7(3-5)9-13(23)17(27)19(29)18(28)14(9)24/h2-4,21-29H,1H3. The molecule has 9 N–H and O–H groups in total. The van der Waals surface area contributed by atoms with Crippen molar-refractivity contribution in [3.63, 3.8) is 0 Å².